The lowest BCUT2D eigenvalue weighted by Gasteiger charge is -2.32. The van der Waals surface area contributed by atoms with Gasteiger partial charge in [0.2, 0.25) is 28.6 Å². The van der Waals surface area contributed by atoms with Crippen molar-refractivity contribution in [2.24, 2.45) is 0 Å². The molecule has 1 aliphatic heterocycles. The Bertz CT molecular complexity index is 1230. The molecule has 1 atom stereocenters. The summed E-state index contributed by atoms with van der Waals surface area (Å²) >= 11 is 0. The first kappa shape index (κ1) is 25.8. The maximum Gasteiger partial charge on any atom is 0.244 e. The lowest BCUT2D eigenvalue weighted by atomic mass is 10.1. The smallest absolute Gasteiger partial charge is 0.244 e. The molecule has 10 heteroatoms. The highest BCUT2D eigenvalue weighted by Crippen LogP contribution is 2.36. The van der Waals surface area contributed by atoms with E-state index < -0.39 is 28.5 Å². The fourth-order valence-electron chi connectivity index (χ4n) is 4.64. The van der Waals surface area contributed by atoms with Crippen molar-refractivity contribution in [3.05, 3.63) is 53.6 Å². The predicted molar refractivity (Wildman–Crippen MR) is 136 cm³/mol. The molecule has 2 amide bonds. The van der Waals surface area contributed by atoms with Gasteiger partial charge in [-0.3, -0.25) is 13.9 Å². The SMILES string of the molecule is Cc1cccc(CN(C(=O)CN(c2ccc3c(c2)OCO3)S(C)(=O)=O)C(C)C(=O)NC2CCCC2)c1. The fourth-order valence-corrected chi connectivity index (χ4v) is 5.48. The molecule has 1 fully saturated rings. The number of benzene rings is 2. The Kier molecular flexibility index (Phi) is 7.73. The van der Waals surface area contributed by atoms with Crippen molar-refractivity contribution in [1.29, 1.82) is 0 Å². The summed E-state index contributed by atoms with van der Waals surface area (Å²) in [6.07, 6.45) is 5.05. The van der Waals surface area contributed by atoms with Gasteiger partial charge < -0.3 is 19.7 Å². The number of amides is 2. The normalized spacial score (nSPS) is 16.0. The number of anilines is 1. The second kappa shape index (κ2) is 10.8. The Hall–Kier alpha value is -3.27. The number of nitrogens with zero attached hydrogens (tertiary/aromatic N) is 2. The van der Waals surface area contributed by atoms with E-state index in [9.17, 15) is 18.0 Å². The zero-order valence-electron chi connectivity index (χ0n) is 20.9. The van der Waals surface area contributed by atoms with Crippen LogP contribution < -0.4 is 19.1 Å². The summed E-state index contributed by atoms with van der Waals surface area (Å²) in [7, 11) is -3.82. The fraction of sp³-hybridized carbons (Fsp3) is 0.462. The summed E-state index contributed by atoms with van der Waals surface area (Å²) in [6.45, 7) is 3.42. The number of hydrogen-bond acceptors (Lipinski definition) is 6. The van der Waals surface area contributed by atoms with Gasteiger partial charge in [-0.05, 0) is 44.4 Å². The maximum atomic E-state index is 13.7. The highest BCUT2D eigenvalue weighted by Gasteiger charge is 2.32. The van der Waals surface area contributed by atoms with Gasteiger partial charge in [-0.25, -0.2) is 8.42 Å². The molecule has 0 aromatic heterocycles. The van der Waals surface area contributed by atoms with Crippen molar-refractivity contribution >= 4 is 27.5 Å². The van der Waals surface area contributed by atoms with Crippen molar-refractivity contribution in [2.75, 3.05) is 23.9 Å². The standard InChI is InChI=1S/C26H33N3O6S/c1-18-7-6-8-20(13-18)15-28(19(2)26(31)27-21-9-4-5-10-21)25(30)16-29(36(3,32)33)22-11-12-23-24(14-22)35-17-34-23/h6-8,11-14,19,21H,4-5,9-10,15-17H2,1-3H3,(H,27,31). The van der Waals surface area contributed by atoms with Crippen LogP contribution in [0.25, 0.3) is 0 Å². The lowest BCUT2D eigenvalue weighted by molar-refractivity contribution is -0.139. The minimum atomic E-state index is -3.82. The maximum absolute atomic E-state index is 13.7. The van der Waals surface area contributed by atoms with E-state index in [0.717, 1.165) is 47.4 Å². The number of fused-ring (bicyclic) bond motifs is 1. The molecular formula is C26H33N3O6S. The number of aryl methyl sites for hydroxylation is 1. The minimum absolute atomic E-state index is 0.0501. The van der Waals surface area contributed by atoms with Crippen molar-refractivity contribution in [3.63, 3.8) is 0 Å². The Labute approximate surface area is 212 Å². The number of carbonyl (C=O) groups is 2. The molecule has 1 N–H and O–H groups in total. The number of sulfonamides is 1. The van der Waals surface area contributed by atoms with Gasteiger partial charge in [-0.2, -0.15) is 0 Å². The third kappa shape index (κ3) is 6.10. The van der Waals surface area contributed by atoms with Crippen LogP contribution in [0.15, 0.2) is 42.5 Å². The molecule has 4 rings (SSSR count). The van der Waals surface area contributed by atoms with Crippen LogP contribution in [-0.4, -0.2) is 56.8 Å². The first-order valence-electron chi connectivity index (χ1n) is 12.1. The van der Waals surface area contributed by atoms with Gasteiger partial charge in [-0.1, -0.05) is 42.7 Å². The summed E-state index contributed by atoms with van der Waals surface area (Å²) in [5.41, 5.74) is 2.17. The number of hydrogen-bond donors (Lipinski definition) is 1. The molecule has 1 saturated carbocycles. The first-order chi connectivity index (χ1) is 17.1. The quantitative estimate of drug-likeness (QED) is 0.551. The van der Waals surface area contributed by atoms with Gasteiger partial charge in [0.05, 0.1) is 11.9 Å². The van der Waals surface area contributed by atoms with E-state index in [1.807, 2.05) is 31.2 Å². The van der Waals surface area contributed by atoms with Gasteiger partial charge in [0, 0.05) is 18.7 Å². The number of rotatable bonds is 9. The van der Waals surface area contributed by atoms with Crippen LogP contribution >= 0.6 is 0 Å². The molecule has 1 unspecified atom stereocenters. The average molecular weight is 516 g/mol. The Morgan fingerprint density at radius 3 is 2.50 bits per heavy atom. The summed E-state index contributed by atoms with van der Waals surface area (Å²) in [4.78, 5) is 28.2. The zero-order chi connectivity index (χ0) is 25.9. The Morgan fingerprint density at radius 1 is 1.08 bits per heavy atom. The molecule has 194 valence electrons. The predicted octanol–water partition coefficient (Wildman–Crippen LogP) is 2.97. The molecule has 0 spiro atoms. The van der Waals surface area contributed by atoms with Crippen molar-refractivity contribution < 1.29 is 27.5 Å². The van der Waals surface area contributed by atoms with Crippen molar-refractivity contribution in [3.8, 4) is 11.5 Å². The van der Waals surface area contributed by atoms with Crippen LogP contribution in [-0.2, 0) is 26.2 Å². The van der Waals surface area contributed by atoms with Crippen LogP contribution in [0.5, 0.6) is 11.5 Å². The highest BCUT2D eigenvalue weighted by molar-refractivity contribution is 7.92. The molecule has 2 aromatic carbocycles. The third-order valence-electron chi connectivity index (χ3n) is 6.63. The molecular weight excluding hydrogens is 482 g/mol. The summed E-state index contributed by atoms with van der Waals surface area (Å²) in [5.74, 6) is 0.205. The molecule has 0 saturated heterocycles. The van der Waals surface area contributed by atoms with E-state index in [0.29, 0.717) is 11.5 Å². The summed E-state index contributed by atoms with van der Waals surface area (Å²) in [5, 5.41) is 3.06. The van der Waals surface area contributed by atoms with Crippen LogP contribution in [0.1, 0.15) is 43.7 Å². The Balaban J connectivity index is 1.59. The lowest BCUT2D eigenvalue weighted by Crippen LogP contribution is -2.52. The minimum Gasteiger partial charge on any atom is -0.454 e. The average Bonchev–Trinajstić information content (AvgIpc) is 3.51. The van der Waals surface area contributed by atoms with E-state index >= 15 is 0 Å². The van der Waals surface area contributed by atoms with Crippen molar-refractivity contribution in [2.45, 2.75) is 58.2 Å². The summed E-state index contributed by atoms with van der Waals surface area (Å²) in [6, 6.07) is 11.7. The van der Waals surface area contributed by atoms with E-state index in [-0.39, 0.29) is 31.0 Å². The van der Waals surface area contributed by atoms with Crippen molar-refractivity contribution in [1.82, 2.24) is 10.2 Å². The van der Waals surface area contributed by atoms with Crippen LogP contribution in [0.3, 0.4) is 0 Å². The number of nitrogens with one attached hydrogen (secondary N) is 1. The van der Waals surface area contributed by atoms with Gasteiger partial charge in [-0.15, -0.1) is 0 Å². The van der Waals surface area contributed by atoms with Gasteiger partial charge in [0.1, 0.15) is 12.6 Å². The molecule has 2 aliphatic rings. The van der Waals surface area contributed by atoms with Gasteiger partial charge in [0.15, 0.2) is 11.5 Å². The highest BCUT2D eigenvalue weighted by atomic mass is 32.2. The van der Waals surface area contributed by atoms with E-state index in [1.165, 1.54) is 11.0 Å². The van der Waals surface area contributed by atoms with E-state index in [2.05, 4.69) is 5.32 Å². The van der Waals surface area contributed by atoms with Crippen LogP contribution in [0.2, 0.25) is 0 Å². The molecule has 9 nitrogen and oxygen atoms in total. The Morgan fingerprint density at radius 2 is 1.81 bits per heavy atom. The van der Waals surface area contributed by atoms with Crippen LogP contribution in [0, 0.1) is 6.92 Å². The second-order valence-corrected chi connectivity index (χ2v) is 11.4. The first-order valence-corrected chi connectivity index (χ1v) is 14.0. The monoisotopic (exact) mass is 515 g/mol. The van der Waals surface area contributed by atoms with Gasteiger partial charge in [0.25, 0.3) is 0 Å². The third-order valence-corrected chi connectivity index (χ3v) is 7.77. The molecule has 2 aromatic rings. The molecule has 1 heterocycles. The number of carbonyl (C=O) groups excluding carboxylic acids is 2. The molecule has 36 heavy (non-hydrogen) atoms. The molecule has 1 aliphatic carbocycles. The second-order valence-electron chi connectivity index (χ2n) is 9.48. The zero-order valence-corrected chi connectivity index (χ0v) is 21.7. The van der Waals surface area contributed by atoms with Crippen LogP contribution in [0.4, 0.5) is 5.69 Å². The van der Waals surface area contributed by atoms with E-state index in [1.54, 1.807) is 19.1 Å². The molecule has 0 bridgehead atoms. The topological polar surface area (TPSA) is 105 Å². The summed E-state index contributed by atoms with van der Waals surface area (Å²) < 4.78 is 37.2. The largest absolute Gasteiger partial charge is 0.454 e. The van der Waals surface area contributed by atoms with Gasteiger partial charge >= 0.3 is 0 Å². The molecule has 0 radical (unpaired) electrons. The number of ether oxygens (including phenoxy) is 2. The van der Waals surface area contributed by atoms with E-state index in [4.69, 9.17) is 9.47 Å².